The number of nitrogens with one attached hydrogen (secondary N) is 2. The molecule has 0 aliphatic heterocycles. The van der Waals surface area contributed by atoms with Crippen molar-refractivity contribution in [3.8, 4) is 5.75 Å². The van der Waals surface area contributed by atoms with Gasteiger partial charge in [0.15, 0.2) is 0 Å². The van der Waals surface area contributed by atoms with Gasteiger partial charge in [-0.3, -0.25) is 0 Å². The summed E-state index contributed by atoms with van der Waals surface area (Å²) in [5, 5.41) is 5.22. The van der Waals surface area contributed by atoms with Crippen LogP contribution in [0.3, 0.4) is 0 Å². The molecule has 0 aromatic heterocycles. The molecular formula is C22H16F4N2O2. The van der Waals surface area contributed by atoms with E-state index < -0.39 is 12.4 Å². The molecule has 0 heterocycles. The van der Waals surface area contributed by atoms with E-state index in [0.717, 1.165) is 17.7 Å². The van der Waals surface area contributed by atoms with Crippen LogP contribution in [0.4, 0.5) is 33.7 Å². The van der Waals surface area contributed by atoms with Crippen molar-refractivity contribution in [3.05, 3.63) is 89.7 Å². The van der Waals surface area contributed by atoms with E-state index in [9.17, 15) is 22.4 Å². The zero-order valence-corrected chi connectivity index (χ0v) is 15.4. The number of carbonyl (C=O) groups is 1. The summed E-state index contributed by atoms with van der Waals surface area (Å²) in [6.07, 6.45) is -1.24. The Bertz CT molecular complexity index is 1030. The number of urea groups is 1. The molecule has 30 heavy (non-hydrogen) atoms. The molecule has 0 fully saturated rings. The summed E-state index contributed by atoms with van der Waals surface area (Å²) in [5.41, 5.74) is 2.31. The number of alkyl halides is 3. The van der Waals surface area contributed by atoms with Crippen molar-refractivity contribution in [2.75, 3.05) is 10.6 Å². The minimum absolute atomic E-state index is 0.293. The van der Waals surface area contributed by atoms with Gasteiger partial charge in [-0.25, -0.2) is 9.18 Å². The van der Waals surface area contributed by atoms with Crippen LogP contribution in [0.15, 0.2) is 72.8 Å². The second-order valence-corrected chi connectivity index (χ2v) is 6.12. The Labute approximate surface area is 169 Å². The molecule has 3 aromatic carbocycles. The summed E-state index contributed by atoms with van der Waals surface area (Å²) in [7, 11) is 0. The molecule has 0 saturated heterocycles. The summed E-state index contributed by atoms with van der Waals surface area (Å²) in [6.45, 7) is 0. The maximum Gasteiger partial charge on any atom is 0.573 e. The second-order valence-electron chi connectivity index (χ2n) is 6.12. The lowest BCUT2D eigenvalue weighted by molar-refractivity contribution is -0.274. The fourth-order valence-electron chi connectivity index (χ4n) is 2.54. The lowest BCUT2D eigenvalue weighted by atomic mass is 10.1. The van der Waals surface area contributed by atoms with E-state index in [1.54, 1.807) is 48.6 Å². The van der Waals surface area contributed by atoms with Crippen molar-refractivity contribution in [1.29, 1.82) is 0 Å². The summed E-state index contributed by atoms with van der Waals surface area (Å²) in [5.74, 6) is -0.714. The van der Waals surface area contributed by atoms with Crippen LogP contribution in [-0.2, 0) is 0 Å². The normalized spacial score (nSPS) is 11.3. The third-order valence-corrected chi connectivity index (χ3v) is 3.88. The Morgan fingerprint density at radius 1 is 0.833 bits per heavy atom. The van der Waals surface area contributed by atoms with E-state index in [1.807, 2.05) is 0 Å². The number of hydrogen-bond acceptors (Lipinski definition) is 2. The molecule has 0 aliphatic carbocycles. The molecule has 0 bridgehead atoms. The lowest BCUT2D eigenvalue weighted by Gasteiger charge is -2.11. The molecule has 8 heteroatoms. The molecule has 0 radical (unpaired) electrons. The van der Waals surface area contributed by atoms with Crippen LogP contribution < -0.4 is 15.4 Å². The molecule has 4 nitrogen and oxygen atoms in total. The average molecular weight is 416 g/mol. The maximum atomic E-state index is 13.0. The number of benzene rings is 3. The molecule has 0 atom stereocenters. The van der Waals surface area contributed by atoms with Gasteiger partial charge in [-0.15, -0.1) is 13.2 Å². The van der Waals surface area contributed by atoms with Crippen molar-refractivity contribution in [2.24, 2.45) is 0 Å². The Kier molecular flexibility index (Phi) is 6.36. The molecule has 2 amide bonds. The smallest absolute Gasteiger partial charge is 0.406 e. The van der Waals surface area contributed by atoms with Gasteiger partial charge in [0.05, 0.1) is 0 Å². The average Bonchev–Trinajstić information content (AvgIpc) is 2.69. The van der Waals surface area contributed by atoms with Gasteiger partial charge in [0, 0.05) is 11.4 Å². The van der Waals surface area contributed by atoms with E-state index in [2.05, 4.69) is 15.4 Å². The van der Waals surface area contributed by atoms with Gasteiger partial charge in [0.2, 0.25) is 0 Å². The van der Waals surface area contributed by atoms with Crippen LogP contribution >= 0.6 is 0 Å². The minimum Gasteiger partial charge on any atom is -0.406 e. The molecule has 3 aromatic rings. The van der Waals surface area contributed by atoms with Gasteiger partial charge in [0.1, 0.15) is 11.6 Å². The van der Waals surface area contributed by atoms with Gasteiger partial charge in [0.25, 0.3) is 0 Å². The van der Waals surface area contributed by atoms with Crippen LogP contribution in [0.5, 0.6) is 5.75 Å². The zero-order chi connectivity index (χ0) is 21.6. The van der Waals surface area contributed by atoms with Crippen molar-refractivity contribution in [3.63, 3.8) is 0 Å². The molecule has 0 saturated carbocycles. The van der Waals surface area contributed by atoms with E-state index in [1.165, 1.54) is 24.3 Å². The first kappa shape index (κ1) is 20.9. The first-order valence-electron chi connectivity index (χ1n) is 8.75. The number of para-hydroxylation sites is 1. The quantitative estimate of drug-likeness (QED) is 0.367. The van der Waals surface area contributed by atoms with Crippen molar-refractivity contribution >= 4 is 29.6 Å². The predicted molar refractivity (Wildman–Crippen MR) is 108 cm³/mol. The molecule has 0 aliphatic rings. The van der Waals surface area contributed by atoms with Gasteiger partial charge in [-0.05, 0) is 53.6 Å². The Morgan fingerprint density at radius 2 is 1.50 bits per heavy atom. The number of halogens is 4. The standard InChI is InChI=1S/C22H16F4N2O2/c23-17-9-6-15(7-10-17)5-8-16-3-1-2-4-20(16)28-21(29)27-18-11-13-19(14-12-18)30-22(24,25)26/h1-14H,(H2,27,28,29)/b8-5+. The third-order valence-electron chi connectivity index (χ3n) is 3.88. The van der Waals surface area contributed by atoms with Crippen LogP contribution in [0.25, 0.3) is 12.2 Å². The van der Waals surface area contributed by atoms with E-state index >= 15 is 0 Å². The summed E-state index contributed by atoms with van der Waals surface area (Å²) < 4.78 is 53.4. The number of ether oxygens (including phenoxy) is 1. The van der Waals surface area contributed by atoms with Crippen molar-refractivity contribution < 1.29 is 27.1 Å². The number of anilines is 2. The molecule has 0 unspecified atom stereocenters. The Hall–Kier alpha value is -3.81. The van der Waals surface area contributed by atoms with Gasteiger partial charge >= 0.3 is 12.4 Å². The summed E-state index contributed by atoms with van der Waals surface area (Å²) in [4.78, 5) is 12.3. The fraction of sp³-hybridized carbons (Fsp3) is 0.0455. The largest absolute Gasteiger partial charge is 0.573 e. The van der Waals surface area contributed by atoms with Gasteiger partial charge in [-0.1, -0.05) is 42.5 Å². The van der Waals surface area contributed by atoms with E-state index in [-0.39, 0.29) is 11.6 Å². The molecule has 0 spiro atoms. The number of amides is 2. The highest BCUT2D eigenvalue weighted by Gasteiger charge is 2.30. The van der Waals surface area contributed by atoms with Crippen molar-refractivity contribution in [2.45, 2.75) is 6.36 Å². The zero-order valence-electron chi connectivity index (χ0n) is 15.4. The predicted octanol–water partition coefficient (Wildman–Crippen LogP) is 6.54. The molecule has 3 rings (SSSR count). The van der Waals surface area contributed by atoms with Crippen LogP contribution in [0, 0.1) is 5.82 Å². The highest BCUT2D eigenvalue weighted by molar-refractivity contribution is 6.01. The van der Waals surface area contributed by atoms with Gasteiger partial charge < -0.3 is 15.4 Å². The maximum absolute atomic E-state index is 13.0. The molecule has 154 valence electrons. The third kappa shape index (κ3) is 6.37. The minimum atomic E-state index is -4.78. The van der Waals surface area contributed by atoms with E-state index in [0.29, 0.717) is 16.9 Å². The number of hydrogen-bond donors (Lipinski definition) is 2. The lowest BCUT2D eigenvalue weighted by Crippen LogP contribution is -2.20. The number of carbonyl (C=O) groups excluding carboxylic acids is 1. The van der Waals surface area contributed by atoms with Crippen LogP contribution in [0.2, 0.25) is 0 Å². The van der Waals surface area contributed by atoms with Crippen LogP contribution in [-0.4, -0.2) is 12.4 Å². The Morgan fingerprint density at radius 3 is 2.17 bits per heavy atom. The monoisotopic (exact) mass is 416 g/mol. The van der Waals surface area contributed by atoms with Gasteiger partial charge in [-0.2, -0.15) is 0 Å². The Balaban J connectivity index is 1.65. The van der Waals surface area contributed by atoms with Crippen molar-refractivity contribution in [1.82, 2.24) is 0 Å². The fourth-order valence-corrected chi connectivity index (χ4v) is 2.54. The first-order chi connectivity index (χ1) is 14.3. The highest BCUT2D eigenvalue weighted by Crippen LogP contribution is 2.24. The molecule has 2 N–H and O–H groups in total. The SMILES string of the molecule is O=C(Nc1ccc(OC(F)(F)F)cc1)Nc1ccccc1/C=C/c1ccc(F)cc1. The molecular weight excluding hydrogens is 400 g/mol. The first-order valence-corrected chi connectivity index (χ1v) is 8.75. The second kappa shape index (κ2) is 9.13. The summed E-state index contributed by atoms with van der Waals surface area (Å²) in [6, 6.07) is 17.2. The topological polar surface area (TPSA) is 50.4 Å². The number of rotatable bonds is 5. The summed E-state index contributed by atoms with van der Waals surface area (Å²) >= 11 is 0. The van der Waals surface area contributed by atoms with E-state index in [4.69, 9.17) is 0 Å². The van der Waals surface area contributed by atoms with Crippen LogP contribution in [0.1, 0.15) is 11.1 Å². The highest BCUT2D eigenvalue weighted by atomic mass is 19.4.